The molecule has 0 saturated carbocycles. The van der Waals surface area contributed by atoms with E-state index in [4.69, 9.17) is 17.0 Å². The van der Waals surface area contributed by atoms with Crippen LogP contribution in [-0.4, -0.2) is 33.4 Å². The maximum atomic E-state index is 12.7. The van der Waals surface area contributed by atoms with Gasteiger partial charge in [-0.25, -0.2) is 4.79 Å². The fourth-order valence-electron chi connectivity index (χ4n) is 3.22. The molecule has 9 heteroatoms. The maximum absolute atomic E-state index is 12.7. The monoisotopic (exact) mass is 420 g/mol. The second kappa shape index (κ2) is 8.83. The number of ether oxygens (including phenoxy) is 1. The molecule has 1 aliphatic carbocycles. The third kappa shape index (κ3) is 4.41. The van der Waals surface area contributed by atoms with E-state index in [1.165, 1.54) is 20.9 Å². The van der Waals surface area contributed by atoms with Crippen molar-refractivity contribution in [1.29, 1.82) is 0 Å². The minimum Gasteiger partial charge on any atom is -0.462 e. The van der Waals surface area contributed by atoms with Crippen LogP contribution in [-0.2, 0) is 24.6 Å². The minimum absolute atomic E-state index is 0.141. The molecular weight excluding hydrogens is 396 g/mol. The number of carbonyl (C=O) groups is 2. The van der Waals surface area contributed by atoms with Crippen molar-refractivity contribution >= 4 is 45.5 Å². The number of nitrogens with zero attached hydrogens (tertiary/aromatic N) is 2. The quantitative estimate of drug-likeness (QED) is 0.570. The molecule has 1 atom stereocenters. The zero-order chi connectivity index (χ0) is 20.3. The molecule has 2 heterocycles. The number of hydrogen-bond donors (Lipinski definition) is 2. The summed E-state index contributed by atoms with van der Waals surface area (Å²) in [4.78, 5) is 26.2. The van der Waals surface area contributed by atoms with Crippen LogP contribution in [0.2, 0.25) is 0 Å². The summed E-state index contributed by atoms with van der Waals surface area (Å²) in [6.07, 6.45) is 5.13. The van der Waals surface area contributed by atoms with Gasteiger partial charge in [0.15, 0.2) is 5.11 Å². The highest BCUT2D eigenvalue weighted by Crippen LogP contribution is 2.40. The fourth-order valence-corrected chi connectivity index (χ4v) is 4.88. The van der Waals surface area contributed by atoms with Crippen LogP contribution in [0.4, 0.5) is 5.00 Å². The Hall–Kier alpha value is -2.26. The molecule has 0 saturated heterocycles. The van der Waals surface area contributed by atoms with Gasteiger partial charge in [0.1, 0.15) is 10.7 Å². The smallest absolute Gasteiger partial charge is 0.341 e. The van der Waals surface area contributed by atoms with Gasteiger partial charge in [0, 0.05) is 18.1 Å². The predicted octanol–water partition coefficient (Wildman–Crippen LogP) is 3.30. The molecule has 7 nitrogen and oxygen atoms in total. The van der Waals surface area contributed by atoms with Gasteiger partial charge < -0.3 is 10.1 Å². The standard InChI is InChI=1S/C19H24N4O3S2/c1-4-9-26-18(25)15-12-6-5-11(2)10-14(12)28-17(15)22-19(27)21-16(24)13-7-8-20-23(13)3/h7-8,11H,4-6,9-10H2,1-3H3,(H2,21,22,24,27)/t11-/m1/s1. The molecule has 0 aromatic carbocycles. The average molecular weight is 421 g/mol. The topological polar surface area (TPSA) is 85.2 Å². The molecule has 1 amide bonds. The van der Waals surface area contributed by atoms with Gasteiger partial charge in [-0.05, 0) is 55.4 Å². The van der Waals surface area contributed by atoms with Crippen LogP contribution in [0, 0.1) is 5.92 Å². The van der Waals surface area contributed by atoms with Crippen LogP contribution >= 0.6 is 23.6 Å². The number of rotatable bonds is 5. The van der Waals surface area contributed by atoms with E-state index < -0.39 is 0 Å². The van der Waals surface area contributed by atoms with Crippen molar-refractivity contribution < 1.29 is 14.3 Å². The number of amides is 1. The predicted molar refractivity (Wildman–Crippen MR) is 113 cm³/mol. The Morgan fingerprint density at radius 1 is 1.46 bits per heavy atom. The molecule has 0 aliphatic heterocycles. The van der Waals surface area contributed by atoms with Crippen molar-refractivity contribution in [1.82, 2.24) is 15.1 Å². The van der Waals surface area contributed by atoms with Gasteiger partial charge in [0.25, 0.3) is 5.91 Å². The second-order valence-corrected chi connectivity index (χ2v) is 8.45. The Kier molecular flexibility index (Phi) is 6.46. The van der Waals surface area contributed by atoms with Gasteiger partial charge >= 0.3 is 5.97 Å². The van der Waals surface area contributed by atoms with Crippen molar-refractivity contribution in [3.8, 4) is 0 Å². The number of nitrogens with one attached hydrogen (secondary N) is 2. The Morgan fingerprint density at radius 2 is 2.25 bits per heavy atom. The van der Waals surface area contributed by atoms with E-state index in [1.807, 2.05) is 6.92 Å². The van der Waals surface area contributed by atoms with Crippen LogP contribution in [0.25, 0.3) is 0 Å². The third-order valence-corrected chi connectivity index (χ3v) is 6.03. The van der Waals surface area contributed by atoms with Gasteiger partial charge in [-0.3, -0.25) is 14.8 Å². The summed E-state index contributed by atoms with van der Waals surface area (Å²) >= 11 is 6.82. The lowest BCUT2D eigenvalue weighted by molar-refractivity contribution is 0.0505. The lowest BCUT2D eigenvalue weighted by Gasteiger charge is -2.18. The molecule has 2 aromatic heterocycles. The van der Waals surface area contributed by atoms with Gasteiger partial charge in [-0.15, -0.1) is 11.3 Å². The summed E-state index contributed by atoms with van der Waals surface area (Å²) in [5.41, 5.74) is 2.00. The van der Waals surface area contributed by atoms with Gasteiger partial charge in [-0.1, -0.05) is 13.8 Å². The number of thiocarbonyl (C=S) groups is 1. The number of esters is 1. The zero-order valence-corrected chi connectivity index (χ0v) is 17.8. The van der Waals surface area contributed by atoms with E-state index in [1.54, 1.807) is 19.3 Å². The van der Waals surface area contributed by atoms with E-state index >= 15 is 0 Å². The first-order valence-electron chi connectivity index (χ1n) is 9.32. The molecule has 2 aromatic rings. The molecule has 150 valence electrons. The van der Waals surface area contributed by atoms with Crippen LogP contribution < -0.4 is 10.6 Å². The SMILES string of the molecule is CCCOC(=O)c1c(NC(=S)NC(=O)c2ccnn2C)sc2c1CC[C@@H](C)C2. The number of thiophene rings is 1. The van der Waals surface area contributed by atoms with Gasteiger partial charge in [0.2, 0.25) is 0 Å². The summed E-state index contributed by atoms with van der Waals surface area (Å²) in [6.45, 7) is 4.55. The molecule has 0 bridgehead atoms. The van der Waals surface area contributed by atoms with E-state index in [9.17, 15) is 9.59 Å². The molecule has 28 heavy (non-hydrogen) atoms. The maximum Gasteiger partial charge on any atom is 0.341 e. The Labute approximate surface area is 173 Å². The lowest BCUT2D eigenvalue weighted by atomic mass is 9.88. The van der Waals surface area contributed by atoms with Crippen LogP contribution in [0.15, 0.2) is 12.3 Å². The first-order chi connectivity index (χ1) is 13.4. The number of aryl methyl sites for hydroxylation is 1. The second-order valence-electron chi connectivity index (χ2n) is 6.94. The Bertz CT molecular complexity index is 903. The average Bonchev–Trinajstić information content (AvgIpc) is 3.22. The number of carbonyl (C=O) groups excluding carboxylic acids is 2. The molecule has 2 N–H and O–H groups in total. The van der Waals surface area contributed by atoms with Crippen LogP contribution in [0.5, 0.6) is 0 Å². The van der Waals surface area contributed by atoms with Crippen molar-refractivity contribution in [2.75, 3.05) is 11.9 Å². The van der Waals surface area contributed by atoms with E-state index in [-0.39, 0.29) is 17.0 Å². The van der Waals surface area contributed by atoms with Crippen LogP contribution in [0.3, 0.4) is 0 Å². The van der Waals surface area contributed by atoms with Crippen molar-refractivity contribution in [2.45, 2.75) is 39.5 Å². The molecule has 0 fully saturated rings. The first-order valence-corrected chi connectivity index (χ1v) is 10.5. The van der Waals surface area contributed by atoms with Crippen molar-refractivity contribution in [3.05, 3.63) is 34.0 Å². The number of fused-ring (bicyclic) bond motifs is 1. The van der Waals surface area contributed by atoms with Crippen LogP contribution in [0.1, 0.15) is 58.0 Å². The Morgan fingerprint density at radius 3 is 2.93 bits per heavy atom. The van der Waals surface area contributed by atoms with E-state index in [0.29, 0.717) is 28.8 Å². The largest absolute Gasteiger partial charge is 0.462 e. The lowest BCUT2D eigenvalue weighted by Crippen LogP contribution is -2.35. The first kappa shape index (κ1) is 20.5. The highest BCUT2D eigenvalue weighted by Gasteiger charge is 2.29. The highest BCUT2D eigenvalue weighted by molar-refractivity contribution is 7.80. The molecule has 3 rings (SSSR count). The van der Waals surface area contributed by atoms with Crippen molar-refractivity contribution in [3.63, 3.8) is 0 Å². The van der Waals surface area contributed by atoms with E-state index in [2.05, 4.69) is 22.7 Å². The normalized spacial score (nSPS) is 15.6. The minimum atomic E-state index is -0.359. The summed E-state index contributed by atoms with van der Waals surface area (Å²) in [5, 5.41) is 10.4. The molecule has 0 radical (unpaired) electrons. The zero-order valence-electron chi connectivity index (χ0n) is 16.2. The number of anilines is 1. The summed E-state index contributed by atoms with van der Waals surface area (Å²) in [7, 11) is 1.68. The number of hydrogen-bond acceptors (Lipinski definition) is 6. The molecule has 0 unspecified atom stereocenters. The van der Waals surface area contributed by atoms with Gasteiger partial charge in [0.05, 0.1) is 12.2 Å². The molecule has 1 aliphatic rings. The number of aromatic nitrogens is 2. The Balaban J connectivity index is 1.80. The highest BCUT2D eigenvalue weighted by atomic mass is 32.1. The molecule has 0 spiro atoms. The summed E-state index contributed by atoms with van der Waals surface area (Å²) in [5.74, 6) is -0.116. The molecular formula is C19H24N4O3S2. The fraction of sp³-hybridized carbons (Fsp3) is 0.474. The van der Waals surface area contributed by atoms with Gasteiger partial charge in [-0.2, -0.15) is 5.10 Å². The van der Waals surface area contributed by atoms with E-state index in [0.717, 1.165) is 31.2 Å². The summed E-state index contributed by atoms with van der Waals surface area (Å²) < 4.78 is 6.86. The third-order valence-electron chi connectivity index (χ3n) is 4.66. The van der Waals surface area contributed by atoms with Crippen molar-refractivity contribution in [2.24, 2.45) is 13.0 Å². The summed E-state index contributed by atoms with van der Waals surface area (Å²) in [6, 6.07) is 1.61.